The Bertz CT molecular complexity index is 888. The minimum atomic E-state index is 0.917. The molecule has 0 bridgehead atoms. The lowest BCUT2D eigenvalue weighted by molar-refractivity contribution is 0.209. The lowest BCUT2D eigenvalue weighted by Gasteiger charge is -2.36. The smallest absolute Gasteiger partial charge is 0.0969 e. The van der Waals surface area contributed by atoms with Crippen molar-refractivity contribution in [2.75, 3.05) is 31.1 Å². The lowest BCUT2D eigenvalue weighted by atomic mass is 10.1. The normalized spacial score (nSPS) is 15.9. The van der Waals surface area contributed by atoms with E-state index in [1.807, 2.05) is 6.33 Å². The summed E-state index contributed by atoms with van der Waals surface area (Å²) in [6.07, 6.45) is 1.98. The fraction of sp³-hybridized carbons (Fsp3) is 0.381. The molecule has 25 heavy (non-hydrogen) atoms. The number of nitrogens with zero attached hydrogens (tertiary/aromatic N) is 4. The van der Waals surface area contributed by atoms with Gasteiger partial charge >= 0.3 is 0 Å². The van der Waals surface area contributed by atoms with Crippen LogP contribution in [0.5, 0.6) is 0 Å². The fourth-order valence-electron chi connectivity index (χ4n) is 3.69. The highest BCUT2D eigenvalue weighted by Gasteiger charge is 2.19. The molecular weight excluding hydrogens is 308 g/mol. The molecule has 1 fully saturated rings. The van der Waals surface area contributed by atoms with E-state index in [1.54, 1.807) is 0 Å². The number of hydrogen-bond donors (Lipinski definition) is 0. The van der Waals surface area contributed by atoms with Gasteiger partial charge in [-0.15, -0.1) is 0 Å². The molecule has 0 amide bonds. The quantitative estimate of drug-likeness (QED) is 0.729. The van der Waals surface area contributed by atoms with Crippen LogP contribution in [-0.4, -0.2) is 40.6 Å². The van der Waals surface area contributed by atoms with Crippen molar-refractivity contribution in [3.8, 4) is 0 Å². The van der Waals surface area contributed by atoms with Crippen LogP contribution in [0.25, 0.3) is 11.0 Å². The third kappa shape index (κ3) is 3.14. The van der Waals surface area contributed by atoms with Crippen LogP contribution in [0.3, 0.4) is 0 Å². The van der Waals surface area contributed by atoms with Crippen LogP contribution in [-0.2, 0) is 6.67 Å². The van der Waals surface area contributed by atoms with E-state index in [2.05, 4.69) is 76.5 Å². The number of fused-ring (bicyclic) bond motifs is 1. The molecule has 2 aromatic carbocycles. The summed E-state index contributed by atoms with van der Waals surface area (Å²) in [5.74, 6) is 0. The maximum Gasteiger partial charge on any atom is 0.0969 e. The molecule has 2 heterocycles. The Morgan fingerprint density at radius 3 is 2.36 bits per heavy atom. The lowest BCUT2D eigenvalue weighted by Crippen LogP contribution is -2.46. The molecule has 0 radical (unpaired) electrons. The number of rotatable bonds is 3. The van der Waals surface area contributed by atoms with Crippen LogP contribution in [0.2, 0.25) is 0 Å². The SMILES string of the molecule is Cc1cc2ncn(CN3CCN(c4ccccc4C)CC3)c2cc1C. The van der Waals surface area contributed by atoms with Gasteiger partial charge in [-0.25, -0.2) is 4.98 Å². The van der Waals surface area contributed by atoms with Gasteiger partial charge in [0, 0.05) is 31.9 Å². The summed E-state index contributed by atoms with van der Waals surface area (Å²) in [6.45, 7) is 11.8. The zero-order chi connectivity index (χ0) is 17.4. The van der Waals surface area contributed by atoms with E-state index in [0.717, 1.165) is 38.4 Å². The number of imidazole rings is 1. The van der Waals surface area contributed by atoms with E-state index in [4.69, 9.17) is 0 Å². The molecule has 3 aromatic rings. The maximum atomic E-state index is 4.59. The zero-order valence-corrected chi connectivity index (χ0v) is 15.4. The summed E-state index contributed by atoms with van der Waals surface area (Å²) < 4.78 is 2.28. The predicted octanol–water partition coefficient (Wildman–Crippen LogP) is 3.74. The Labute approximate surface area is 149 Å². The first-order valence-corrected chi connectivity index (χ1v) is 9.07. The van der Waals surface area contributed by atoms with E-state index < -0.39 is 0 Å². The van der Waals surface area contributed by atoms with Gasteiger partial charge in [0.15, 0.2) is 0 Å². The maximum absolute atomic E-state index is 4.59. The molecule has 0 atom stereocenters. The van der Waals surface area contributed by atoms with E-state index in [-0.39, 0.29) is 0 Å². The van der Waals surface area contributed by atoms with E-state index >= 15 is 0 Å². The van der Waals surface area contributed by atoms with E-state index in [1.165, 1.54) is 27.9 Å². The second-order valence-corrected chi connectivity index (χ2v) is 7.17. The Balaban J connectivity index is 1.46. The molecule has 0 unspecified atom stereocenters. The number of aromatic nitrogens is 2. The van der Waals surface area contributed by atoms with Crippen LogP contribution < -0.4 is 4.90 Å². The number of benzene rings is 2. The van der Waals surface area contributed by atoms with Crippen LogP contribution in [0.15, 0.2) is 42.7 Å². The summed E-state index contributed by atoms with van der Waals surface area (Å²) in [4.78, 5) is 9.61. The molecule has 1 aromatic heterocycles. The number of piperazine rings is 1. The first kappa shape index (κ1) is 16.2. The van der Waals surface area contributed by atoms with Gasteiger partial charge in [0.2, 0.25) is 0 Å². The Hall–Kier alpha value is -2.33. The molecule has 0 spiro atoms. The first-order valence-electron chi connectivity index (χ1n) is 9.07. The molecule has 0 N–H and O–H groups in total. The first-order chi connectivity index (χ1) is 12.1. The van der Waals surface area contributed by atoms with Gasteiger partial charge in [0.05, 0.1) is 24.0 Å². The van der Waals surface area contributed by atoms with E-state index in [9.17, 15) is 0 Å². The fourth-order valence-corrected chi connectivity index (χ4v) is 3.69. The third-order valence-corrected chi connectivity index (χ3v) is 5.42. The molecule has 130 valence electrons. The molecular formula is C21H26N4. The van der Waals surface area contributed by atoms with Crippen molar-refractivity contribution in [1.82, 2.24) is 14.5 Å². The minimum Gasteiger partial charge on any atom is -0.369 e. The van der Waals surface area contributed by atoms with Gasteiger partial charge in [-0.1, -0.05) is 18.2 Å². The number of hydrogen-bond acceptors (Lipinski definition) is 3. The Kier molecular flexibility index (Phi) is 4.22. The Morgan fingerprint density at radius 2 is 1.60 bits per heavy atom. The van der Waals surface area contributed by atoms with Crippen molar-refractivity contribution >= 4 is 16.7 Å². The third-order valence-electron chi connectivity index (χ3n) is 5.42. The highest BCUT2D eigenvalue weighted by molar-refractivity contribution is 5.77. The molecule has 4 nitrogen and oxygen atoms in total. The molecule has 4 heteroatoms. The summed E-state index contributed by atoms with van der Waals surface area (Å²) >= 11 is 0. The van der Waals surface area contributed by atoms with Crippen LogP contribution in [0, 0.1) is 20.8 Å². The molecule has 1 aliphatic heterocycles. The standard InChI is InChI=1S/C21H26N4/c1-16-6-4-5-7-20(16)24-10-8-23(9-11-24)15-25-14-22-19-12-17(2)18(3)13-21(19)25/h4-7,12-14H,8-11,15H2,1-3H3. The predicted molar refractivity (Wildman–Crippen MR) is 104 cm³/mol. The summed E-state index contributed by atoms with van der Waals surface area (Å²) in [5.41, 5.74) is 7.72. The second-order valence-electron chi connectivity index (χ2n) is 7.17. The van der Waals surface area contributed by atoms with Crippen molar-refractivity contribution in [2.45, 2.75) is 27.4 Å². The molecule has 1 aliphatic rings. The van der Waals surface area contributed by atoms with Gasteiger partial charge in [0.25, 0.3) is 0 Å². The van der Waals surface area contributed by atoms with Crippen molar-refractivity contribution in [3.63, 3.8) is 0 Å². The summed E-state index contributed by atoms with van der Waals surface area (Å²) in [7, 11) is 0. The van der Waals surface area contributed by atoms with Crippen molar-refractivity contribution in [3.05, 3.63) is 59.4 Å². The molecule has 1 saturated heterocycles. The highest BCUT2D eigenvalue weighted by atomic mass is 15.3. The van der Waals surface area contributed by atoms with Gasteiger partial charge in [-0.05, 0) is 55.7 Å². The van der Waals surface area contributed by atoms with Crippen molar-refractivity contribution in [1.29, 1.82) is 0 Å². The monoisotopic (exact) mass is 334 g/mol. The van der Waals surface area contributed by atoms with Gasteiger partial charge in [0.1, 0.15) is 0 Å². The topological polar surface area (TPSA) is 24.3 Å². The molecule has 0 aliphatic carbocycles. The highest BCUT2D eigenvalue weighted by Crippen LogP contribution is 2.22. The Morgan fingerprint density at radius 1 is 0.880 bits per heavy atom. The van der Waals surface area contributed by atoms with Gasteiger partial charge in [-0.2, -0.15) is 0 Å². The van der Waals surface area contributed by atoms with Crippen LogP contribution >= 0.6 is 0 Å². The van der Waals surface area contributed by atoms with Gasteiger partial charge in [-0.3, -0.25) is 4.90 Å². The average molecular weight is 334 g/mol. The van der Waals surface area contributed by atoms with Crippen LogP contribution in [0.4, 0.5) is 5.69 Å². The zero-order valence-electron chi connectivity index (χ0n) is 15.4. The van der Waals surface area contributed by atoms with Crippen molar-refractivity contribution in [2.24, 2.45) is 0 Å². The van der Waals surface area contributed by atoms with Crippen molar-refractivity contribution < 1.29 is 0 Å². The van der Waals surface area contributed by atoms with Crippen LogP contribution in [0.1, 0.15) is 16.7 Å². The summed E-state index contributed by atoms with van der Waals surface area (Å²) in [5, 5.41) is 0. The summed E-state index contributed by atoms with van der Waals surface area (Å²) in [6, 6.07) is 13.1. The second kappa shape index (κ2) is 6.52. The minimum absolute atomic E-state index is 0.917. The molecule has 0 saturated carbocycles. The van der Waals surface area contributed by atoms with Gasteiger partial charge < -0.3 is 9.47 Å². The largest absolute Gasteiger partial charge is 0.369 e. The number of aryl methyl sites for hydroxylation is 3. The average Bonchev–Trinajstić information content (AvgIpc) is 2.98. The van der Waals surface area contributed by atoms with E-state index in [0.29, 0.717) is 0 Å². The molecule has 4 rings (SSSR count). The number of para-hydroxylation sites is 1. The number of anilines is 1.